The van der Waals surface area contributed by atoms with E-state index >= 15 is 0 Å². The second kappa shape index (κ2) is 6.44. The molecule has 3 rings (SSSR count). The van der Waals surface area contributed by atoms with Crippen LogP contribution in [0.5, 0.6) is 0 Å². The van der Waals surface area contributed by atoms with Crippen LogP contribution in [0.15, 0.2) is 27.6 Å². The Bertz CT molecular complexity index is 662. The maximum absolute atomic E-state index is 11.7. The summed E-state index contributed by atoms with van der Waals surface area (Å²) in [6.07, 6.45) is 3.85. The highest BCUT2D eigenvalue weighted by Gasteiger charge is 2.26. The average molecular weight is 382 g/mol. The highest BCUT2D eigenvalue weighted by atomic mass is 79.9. The van der Waals surface area contributed by atoms with E-state index in [-0.39, 0.29) is 17.2 Å². The van der Waals surface area contributed by atoms with Crippen LogP contribution < -0.4 is 16.0 Å². The van der Waals surface area contributed by atoms with E-state index < -0.39 is 0 Å². The fraction of sp³-hybridized carbons (Fsp3) is 0.333. The molecule has 116 valence electrons. The van der Waals surface area contributed by atoms with Crippen LogP contribution in [0.2, 0.25) is 0 Å². The quantitative estimate of drug-likeness (QED) is 0.770. The number of benzene rings is 1. The number of nitrogens with two attached hydrogens (primary N) is 1. The molecular formula is C15H16BrN3O2S. The van der Waals surface area contributed by atoms with E-state index in [2.05, 4.69) is 26.1 Å². The van der Waals surface area contributed by atoms with Gasteiger partial charge in [0.2, 0.25) is 0 Å². The summed E-state index contributed by atoms with van der Waals surface area (Å²) in [5, 5.41) is 1.95. The highest BCUT2D eigenvalue weighted by Crippen LogP contribution is 2.35. The number of anilines is 1. The Hall–Kier alpha value is -1.31. The van der Waals surface area contributed by atoms with Crippen LogP contribution in [-0.4, -0.2) is 30.3 Å². The first-order valence-corrected chi connectivity index (χ1v) is 8.69. The number of thioether (sulfide) groups is 1. The minimum atomic E-state index is -0.337. The minimum Gasteiger partial charge on any atom is -0.369 e. The number of para-hydroxylation sites is 1. The second-order valence-electron chi connectivity index (χ2n) is 5.38. The predicted octanol–water partition coefficient (Wildman–Crippen LogP) is 2.70. The van der Waals surface area contributed by atoms with Crippen molar-refractivity contribution in [2.24, 2.45) is 5.73 Å². The van der Waals surface area contributed by atoms with Gasteiger partial charge in [0.15, 0.2) is 0 Å². The number of rotatable bonds is 2. The van der Waals surface area contributed by atoms with Crippen molar-refractivity contribution in [2.75, 3.05) is 18.0 Å². The number of imide groups is 1. The zero-order valence-corrected chi connectivity index (χ0v) is 14.2. The van der Waals surface area contributed by atoms with Crippen molar-refractivity contribution in [1.82, 2.24) is 5.32 Å². The number of nitrogens with one attached hydrogen (secondary N) is 1. The van der Waals surface area contributed by atoms with E-state index in [0.717, 1.165) is 53.4 Å². The van der Waals surface area contributed by atoms with Gasteiger partial charge < -0.3 is 10.6 Å². The number of amides is 2. The van der Waals surface area contributed by atoms with Gasteiger partial charge in [-0.1, -0.05) is 12.1 Å². The van der Waals surface area contributed by atoms with Crippen molar-refractivity contribution in [3.63, 3.8) is 0 Å². The van der Waals surface area contributed by atoms with Crippen LogP contribution >= 0.6 is 27.7 Å². The molecule has 0 bridgehead atoms. The van der Waals surface area contributed by atoms with Crippen LogP contribution in [0.25, 0.3) is 6.08 Å². The van der Waals surface area contributed by atoms with Crippen LogP contribution in [-0.2, 0) is 4.79 Å². The predicted molar refractivity (Wildman–Crippen MR) is 92.7 cm³/mol. The second-order valence-corrected chi connectivity index (χ2v) is 7.25. The summed E-state index contributed by atoms with van der Waals surface area (Å²) in [6, 6.07) is 6.00. The first-order chi connectivity index (χ1) is 10.5. The third-order valence-corrected chi connectivity index (χ3v) is 5.17. The molecule has 22 heavy (non-hydrogen) atoms. The Labute approximate surface area is 141 Å². The molecule has 0 spiro atoms. The Morgan fingerprint density at radius 2 is 2.23 bits per heavy atom. The maximum Gasteiger partial charge on any atom is 0.290 e. The number of carbonyl (C=O) groups is 2. The fourth-order valence-electron chi connectivity index (χ4n) is 2.76. The van der Waals surface area contributed by atoms with Gasteiger partial charge >= 0.3 is 0 Å². The lowest BCUT2D eigenvalue weighted by Gasteiger charge is -2.34. The Morgan fingerprint density at radius 1 is 1.41 bits per heavy atom. The SMILES string of the molecule is N[C@@H]1CCCN(c2c(Br)cccc2/C=C2\SC(=O)NC2=O)C1. The molecule has 2 aliphatic heterocycles. The molecule has 1 aromatic carbocycles. The van der Waals surface area contributed by atoms with Crippen LogP contribution in [0.3, 0.4) is 0 Å². The topological polar surface area (TPSA) is 75.4 Å². The van der Waals surface area contributed by atoms with Gasteiger partial charge in [0.25, 0.3) is 11.1 Å². The molecule has 2 amide bonds. The molecule has 2 aliphatic rings. The molecule has 0 aliphatic carbocycles. The summed E-state index contributed by atoms with van der Waals surface area (Å²) in [7, 11) is 0. The maximum atomic E-state index is 11.7. The molecule has 0 radical (unpaired) electrons. The summed E-state index contributed by atoms with van der Waals surface area (Å²) in [5.74, 6) is -0.337. The molecule has 0 unspecified atom stereocenters. The van der Waals surface area contributed by atoms with Gasteiger partial charge in [-0.05, 0) is 52.7 Å². The molecule has 5 nitrogen and oxygen atoms in total. The van der Waals surface area contributed by atoms with Crippen molar-refractivity contribution in [2.45, 2.75) is 18.9 Å². The Balaban J connectivity index is 1.98. The third-order valence-electron chi connectivity index (χ3n) is 3.72. The van der Waals surface area contributed by atoms with Gasteiger partial charge in [0, 0.05) is 29.2 Å². The standard InChI is InChI=1S/C15H16BrN3O2S/c16-11-5-1-3-9(7-12-14(20)18-15(21)22-12)13(11)19-6-2-4-10(17)8-19/h1,3,5,7,10H,2,4,6,8,17H2,(H,18,20,21)/b12-7-/t10-/m1/s1. The normalized spacial score (nSPS) is 24.0. The van der Waals surface area contributed by atoms with Crippen LogP contribution in [0, 0.1) is 0 Å². The zero-order valence-electron chi connectivity index (χ0n) is 11.8. The van der Waals surface area contributed by atoms with E-state index in [1.807, 2.05) is 18.2 Å². The number of hydrogen-bond acceptors (Lipinski definition) is 5. The molecule has 1 aromatic rings. The van der Waals surface area contributed by atoms with Crippen molar-refractivity contribution >= 4 is 50.6 Å². The lowest BCUT2D eigenvalue weighted by molar-refractivity contribution is -0.115. The molecule has 0 saturated carbocycles. The third kappa shape index (κ3) is 3.21. The lowest BCUT2D eigenvalue weighted by Crippen LogP contribution is -2.43. The summed E-state index contributed by atoms with van der Waals surface area (Å²) in [5.41, 5.74) is 8.02. The summed E-state index contributed by atoms with van der Waals surface area (Å²) < 4.78 is 0.964. The Morgan fingerprint density at radius 3 is 2.91 bits per heavy atom. The monoisotopic (exact) mass is 381 g/mol. The minimum absolute atomic E-state index is 0.159. The van der Waals surface area contributed by atoms with E-state index in [9.17, 15) is 9.59 Å². The van der Waals surface area contributed by atoms with Gasteiger partial charge in [0.1, 0.15) is 0 Å². The molecule has 3 N–H and O–H groups in total. The van der Waals surface area contributed by atoms with E-state index in [0.29, 0.717) is 4.91 Å². The lowest BCUT2D eigenvalue weighted by atomic mass is 10.0. The molecule has 2 saturated heterocycles. The molecule has 7 heteroatoms. The van der Waals surface area contributed by atoms with Gasteiger partial charge in [-0.15, -0.1) is 0 Å². The van der Waals surface area contributed by atoms with Crippen molar-refractivity contribution < 1.29 is 9.59 Å². The van der Waals surface area contributed by atoms with Gasteiger partial charge in [-0.3, -0.25) is 14.9 Å². The number of carbonyl (C=O) groups excluding carboxylic acids is 2. The zero-order chi connectivity index (χ0) is 15.7. The average Bonchev–Trinajstić information content (AvgIpc) is 2.77. The number of nitrogens with zero attached hydrogens (tertiary/aromatic N) is 1. The largest absolute Gasteiger partial charge is 0.369 e. The fourth-order valence-corrected chi connectivity index (χ4v) is 4.06. The molecular weight excluding hydrogens is 366 g/mol. The smallest absolute Gasteiger partial charge is 0.290 e. The summed E-state index contributed by atoms with van der Waals surface area (Å²) in [4.78, 5) is 25.7. The Kier molecular flexibility index (Phi) is 4.56. The molecule has 2 heterocycles. The molecule has 2 fully saturated rings. The molecule has 0 aromatic heterocycles. The van der Waals surface area contributed by atoms with Crippen LogP contribution in [0.1, 0.15) is 18.4 Å². The van der Waals surface area contributed by atoms with Gasteiger partial charge in [-0.25, -0.2) is 0 Å². The molecule has 1 atom stereocenters. The van der Waals surface area contributed by atoms with E-state index in [1.54, 1.807) is 6.08 Å². The van der Waals surface area contributed by atoms with Crippen molar-refractivity contribution in [1.29, 1.82) is 0 Å². The number of halogens is 1. The van der Waals surface area contributed by atoms with Gasteiger partial charge in [-0.2, -0.15) is 0 Å². The highest BCUT2D eigenvalue weighted by molar-refractivity contribution is 9.10. The first kappa shape index (κ1) is 15.6. The first-order valence-electron chi connectivity index (χ1n) is 7.08. The number of piperidine rings is 1. The van der Waals surface area contributed by atoms with E-state index in [4.69, 9.17) is 5.73 Å². The van der Waals surface area contributed by atoms with Crippen LogP contribution in [0.4, 0.5) is 10.5 Å². The van der Waals surface area contributed by atoms with Gasteiger partial charge in [0.05, 0.1) is 10.6 Å². The summed E-state index contributed by atoms with van der Waals surface area (Å²) in [6.45, 7) is 1.72. The van der Waals surface area contributed by atoms with E-state index in [1.165, 1.54) is 0 Å². The number of hydrogen-bond donors (Lipinski definition) is 2. The summed E-state index contributed by atoms with van der Waals surface area (Å²) >= 11 is 4.53. The van der Waals surface area contributed by atoms with Crippen molar-refractivity contribution in [3.8, 4) is 0 Å². The van der Waals surface area contributed by atoms with Crippen molar-refractivity contribution in [3.05, 3.63) is 33.1 Å².